The summed E-state index contributed by atoms with van der Waals surface area (Å²) in [4.78, 5) is 28.3. The van der Waals surface area contributed by atoms with E-state index in [0.29, 0.717) is 5.56 Å². The topological polar surface area (TPSA) is 64.0 Å². The smallest absolute Gasteiger partial charge is 0.239 e. The molecule has 23 heavy (non-hydrogen) atoms. The average molecular weight is 372 g/mol. The number of hydrogen-bond acceptors (Lipinski definition) is 3. The van der Waals surface area contributed by atoms with Crippen molar-refractivity contribution in [2.45, 2.75) is 12.8 Å². The summed E-state index contributed by atoms with van der Waals surface area (Å²) in [6, 6.07) is 14.6. The lowest BCUT2D eigenvalue weighted by Gasteiger charge is -2.07. The summed E-state index contributed by atoms with van der Waals surface area (Å²) in [6.07, 6.45) is 1.85. The van der Waals surface area contributed by atoms with Gasteiger partial charge >= 0.3 is 0 Å². The van der Waals surface area contributed by atoms with Crippen molar-refractivity contribution in [1.29, 1.82) is 0 Å². The van der Waals surface area contributed by atoms with Gasteiger partial charge < -0.3 is 0 Å². The Morgan fingerprint density at radius 1 is 1.04 bits per heavy atom. The maximum absolute atomic E-state index is 12.1. The molecule has 0 aliphatic heterocycles. The fraction of sp³-hybridized carbons (Fsp3) is 0.118. The summed E-state index contributed by atoms with van der Waals surface area (Å²) in [6.45, 7) is 0. The molecule has 1 N–H and O–H groups in total. The maximum Gasteiger partial charge on any atom is 0.239 e. The number of nitrogens with zero attached hydrogens (tertiary/aromatic N) is 2. The molecule has 5 nitrogen and oxygen atoms in total. The van der Waals surface area contributed by atoms with E-state index in [1.165, 1.54) is 0 Å². The van der Waals surface area contributed by atoms with Gasteiger partial charge in [-0.15, -0.1) is 0 Å². The SMILES string of the molecule is O=C(CCC(=O)c1ccc(Br)cc1)Nn1cnc2ccccc21. The number of imidazole rings is 1. The fourth-order valence-electron chi connectivity index (χ4n) is 2.25. The van der Waals surface area contributed by atoms with Gasteiger partial charge in [0.2, 0.25) is 5.91 Å². The van der Waals surface area contributed by atoms with Crippen LogP contribution < -0.4 is 5.43 Å². The van der Waals surface area contributed by atoms with E-state index in [1.54, 1.807) is 23.1 Å². The number of hydrogen-bond donors (Lipinski definition) is 1. The average Bonchev–Trinajstić information content (AvgIpc) is 2.96. The van der Waals surface area contributed by atoms with Crippen LogP contribution in [0.1, 0.15) is 23.2 Å². The molecule has 0 aliphatic carbocycles. The van der Waals surface area contributed by atoms with Crippen molar-refractivity contribution >= 4 is 38.7 Å². The van der Waals surface area contributed by atoms with Crippen molar-refractivity contribution in [1.82, 2.24) is 9.66 Å². The second kappa shape index (κ2) is 6.75. The molecule has 0 bridgehead atoms. The van der Waals surface area contributed by atoms with Gasteiger partial charge in [-0.05, 0) is 24.3 Å². The predicted octanol–water partition coefficient (Wildman–Crippen LogP) is 3.53. The number of carbonyl (C=O) groups excluding carboxylic acids is 2. The number of fused-ring (bicyclic) bond motifs is 1. The second-order valence-corrected chi connectivity index (χ2v) is 5.98. The van der Waals surface area contributed by atoms with Crippen LogP contribution in [0.4, 0.5) is 0 Å². The first-order valence-corrected chi connectivity index (χ1v) is 7.93. The second-order valence-electron chi connectivity index (χ2n) is 5.07. The van der Waals surface area contributed by atoms with Gasteiger partial charge in [-0.1, -0.05) is 40.2 Å². The van der Waals surface area contributed by atoms with E-state index in [0.717, 1.165) is 15.5 Å². The van der Waals surface area contributed by atoms with Crippen molar-refractivity contribution in [2.24, 2.45) is 0 Å². The monoisotopic (exact) mass is 371 g/mol. The molecule has 1 aromatic heterocycles. The van der Waals surface area contributed by atoms with Crippen LogP contribution in [0.2, 0.25) is 0 Å². The number of ketones is 1. The Labute approximate surface area is 141 Å². The highest BCUT2D eigenvalue weighted by molar-refractivity contribution is 9.10. The summed E-state index contributed by atoms with van der Waals surface area (Å²) in [5, 5.41) is 0. The first-order chi connectivity index (χ1) is 11.1. The third-order valence-electron chi connectivity index (χ3n) is 3.44. The number of carbonyl (C=O) groups is 2. The van der Waals surface area contributed by atoms with Gasteiger partial charge in [0.25, 0.3) is 0 Å². The molecule has 6 heteroatoms. The van der Waals surface area contributed by atoms with E-state index >= 15 is 0 Å². The van der Waals surface area contributed by atoms with Crippen LogP contribution >= 0.6 is 15.9 Å². The van der Waals surface area contributed by atoms with Crippen LogP contribution in [0.15, 0.2) is 59.3 Å². The molecule has 0 spiro atoms. The van der Waals surface area contributed by atoms with Crippen LogP contribution in [0, 0.1) is 0 Å². The van der Waals surface area contributed by atoms with Gasteiger partial charge in [-0.2, -0.15) is 0 Å². The molecular formula is C17H14BrN3O2. The lowest BCUT2D eigenvalue weighted by Crippen LogP contribution is -2.22. The van der Waals surface area contributed by atoms with E-state index < -0.39 is 0 Å². The third kappa shape index (κ3) is 3.65. The van der Waals surface area contributed by atoms with Crippen LogP contribution in [-0.4, -0.2) is 21.4 Å². The quantitative estimate of drug-likeness (QED) is 0.697. The predicted molar refractivity (Wildman–Crippen MR) is 91.8 cm³/mol. The Kier molecular flexibility index (Phi) is 4.52. The largest absolute Gasteiger partial charge is 0.294 e. The van der Waals surface area contributed by atoms with E-state index in [4.69, 9.17) is 0 Å². The van der Waals surface area contributed by atoms with Crippen molar-refractivity contribution in [3.05, 3.63) is 64.9 Å². The molecule has 1 heterocycles. The normalized spacial score (nSPS) is 10.7. The number of halogens is 1. The molecule has 0 atom stereocenters. The zero-order valence-electron chi connectivity index (χ0n) is 12.2. The van der Waals surface area contributed by atoms with Gasteiger partial charge in [0.1, 0.15) is 6.33 Å². The van der Waals surface area contributed by atoms with E-state index in [2.05, 4.69) is 26.3 Å². The summed E-state index contributed by atoms with van der Waals surface area (Å²) in [5.74, 6) is -0.276. The molecule has 116 valence electrons. The molecule has 1 amide bonds. The number of aromatic nitrogens is 2. The lowest BCUT2D eigenvalue weighted by molar-refractivity contribution is -0.117. The number of amides is 1. The van der Waals surface area contributed by atoms with Crippen molar-refractivity contribution < 1.29 is 9.59 Å². The third-order valence-corrected chi connectivity index (χ3v) is 3.97. The summed E-state index contributed by atoms with van der Waals surface area (Å²) < 4.78 is 2.49. The standard InChI is InChI=1S/C17H14BrN3O2/c18-13-7-5-12(6-8-13)16(22)9-10-17(23)20-21-11-19-14-3-1-2-4-15(14)21/h1-8,11H,9-10H2,(H,20,23). The van der Waals surface area contributed by atoms with Crippen molar-refractivity contribution in [2.75, 3.05) is 5.43 Å². The van der Waals surface area contributed by atoms with Crippen LogP contribution in [0.5, 0.6) is 0 Å². The molecule has 0 saturated carbocycles. The molecule has 0 unspecified atom stereocenters. The van der Waals surface area contributed by atoms with Gasteiger partial charge in [0, 0.05) is 22.9 Å². The first kappa shape index (κ1) is 15.4. The molecule has 0 aliphatic rings. The Balaban J connectivity index is 1.59. The number of Topliss-reactive ketones (excluding diaryl/α,β-unsaturated/α-hetero) is 1. The van der Waals surface area contributed by atoms with Crippen LogP contribution in [0.3, 0.4) is 0 Å². The Bertz CT molecular complexity index is 856. The molecule has 0 fully saturated rings. The lowest BCUT2D eigenvalue weighted by atomic mass is 10.1. The summed E-state index contributed by atoms with van der Waals surface area (Å²) in [7, 11) is 0. The highest BCUT2D eigenvalue weighted by Gasteiger charge is 2.10. The molecule has 3 rings (SSSR count). The maximum atomic E-state index is 12.1. The molecule has 0 saturated heterocycles. The number of rotatable bonds is 5. The molecular weight excluding hydrogens is 358 g/mol. The highest BCUT2D eigenvalue weighted by Crippen LogP contribution is 2.13. The highest BCUT2D eigenvalue weighted by atomic mass is 79.9. The van der Waals surface area contributed by atoms with Gasteiger partial charge in [0.05, 0.1) is 11.0 Å². The minimum Gasteiger partial charge on any atom is -0.294 e. The van der Waals surface area contributed by atoms with Gasteiger partial charge in [-0.3, -0.25) is 15.0 Å². The van der Waals surface area contributed by atoms with Crippen molar-refractivity contribution in [3.8, 4) is 0 Å². The number of benzene rings is 2. The summed E-state index contributed by atoms with van der Waals surface area (Å²) in [5.41, 5.74) is 4.97. The van der Waals surface area contributed by atoms with Gasteiger partial charge in [-0.25, -0.2) is 9.66 Å². The number of nitrogens with one attached hydrogen (secondary N) is 1. The zero-order valence-corrected chi connectivity index (χ0v) is 13.8. The summed E-state index contributed by atoms with van der Waals surface area (Å²) >= 11 is 3.33. The van der Waals surface area contributed by atoms with Crippen LogP contribution in [0.25, 0.3) is 11.0 Å². The minimum atomic E-state index is -0.224. The van der Waals surface area contributed by atoms with E-state index in [1.807, 2.05) is 36.4 Å². The Morgan fingerprint density at radius 3 is 2.57 bits per heavy atom. The Morgan fingerprint density at radius 2 is 1.78 bits per heavy atom. The molecule has 0 radical (unpaired) electrons. The Hall–Kier alpha value is -2.47. The number of para-hydroxylation sites is 2. The van der Waals surface area contributed by atoms with Gasteiger partial charge in [0.15, 0.2) is 5.78 Å². The van der Waals surface area contributed by atoms with E-state index in [-0.39, 0.29) is 24.5 Å². The zero-order chi connectivity index (χ0) is 16.2. The molecule has 2 aromatic carbocycles. The van der Waals surface area contributed by atoms with Crippen LogP contribution in [-0.2, 0) is 4.79 Å². The first-order valence-electron chi connectivity index (χ1n) is 7.14. The molecule has 3 aromatic rings. The van der Waals surface area contributed by atoms with Crippen molar-refractivity contribution in [3.63, 3.8) is 0 Å². The van der Waals surface area contributed by atoms with E-state index in [9.17, 15) is 9.59 Å². The fourth-order valence-corrected chi connectivity index (χ4v) is 2.51. The minimum absolute atomic E-state index is 0.0526.